The normalized spacial score (nSPS) is 16.4. The molecule has 98 valence electrons. The maximum absolute atomic E-state index is 12.6. The lowest BCUT2D eigenvalue weighted by molar-refractivity contribution is 0.0887. The maximum Gasteiger partial charge on any atom is 0.184 e. The molecule has 2 aromatic rings. The minimum absolute atomic E-state index is 0.125. The van der Waals surface area contributed by atoms with Gasteiger partial charge < -0.3 is 5.32 Å². The summed E-state index contributed by atoms with van der Waals surface area (Å²) >= 11 is 0. The first-order valence-corrected chi connectivity index (χ1v) is 6.70. The molecule has 0 unspecified atom stereocenters. The number of Topliss-reactive ketones (excluding diaryl/α,β-unsaturated/α-hetero) is 1. The van der Waals surface area contributed by atoms with E-state index in [2.05, 4.69) is 10.4 Å². The van der Waals surface area contributed by atoms with Crippen molar-refractivity contribution < 1.29 is 4.79 Å². The lowest BCUT2D eigenvalue weighted by Gasteiger charge is -2.21. The molecule has 0 radical (unpaired) electrons. The average molecular weight is 255 g/mol. The Hall–Kier alpha value is -1.94. The van der Waals surface area contributed by atoms with Gasteiger partial charge in [-0.25, -0.2) is 4.68 Å². The molecule has 1 aromatic carbocycles. The van der Waals surface area contributed by atoms with Gasteiger partial charge in [0.15, 0.2) is 5.78 Å². The SMILES string of the molecule is O=C(c1ccnn1-c1ccccc1)C1CCNCC1. The number of hydrogen-bond acceptors (Lipinski definition) is 3. The van der Waals surface area contributed by atoms with Gasteiger partial charge in [0, 0.05) is 5.92 Å². The number of aromatic nitrogens is 2. The highest BCUT2D eigenvalue weighted by Gasteiger charge is 2.25. The Bertz CT molecular complexity index is 556. The highest BCUT2D eigenvalue weighted by Crippen LogP contribution is 2.20. The van der Waals surface area contributed by atoms with Gasteiger partial charge in [-0.1, -0.05) is 18.2 Å². The van der Waals surface area contributed by atoms with Gasteiger partial charge in [0.1, 0.15) is 5.69 Å². The Kier molecular flexibility index (Phi) is 3.42. The molecule has 1 aromatic heterocycles. The van der Waals surface area contributed by atoms with Crippen molar-refractivity contribution in [1.82, 2.24) is 15.1 Å². The Morgan fingerprint density at radius 1 is 1.16 bits per heavy atom. The van der Waals surface area contributed by atoms with Crippen molar-refractivity contribution in [3.8, 4) is 5.69 Å². The summed E-state index contributed by atoms with van der Waals surface area (Å²) in [5.41, 5.74) is 1.63. The Morgan fingerprint density at radius 2 is 1.89 bits per heavy atom. The molecular formula is C15H17N3O. The van der Waals surface area contributed by atoms with Gasteiger partial charge in [0.25, 0.3) is 0 Å². The van der Waals surface area contributed by atoms with Crippen LogP contribution < -0.4 is 5.32 Å². The van der Waals surface area contributed by atoms with Crippen LogP contribution in [0, 0.1) is 5.92 Å². The second-order valence-corrected chi connectivity index (χ2v) is 4.85. The standard InChI is InChI=1S/C15H17N3O/c19-15(12-6-9-16-10-7-12)14-8-11-17-18(14)13-4-2-1-3-5-13/h1-5,8,11-12,16H,6-7,9-10H2. The van der Waals surface area contributed by atoms with E-state index in [4.69, 9.17) is 0 Å². The molecule has 1 N–H and O–H groups in total. The van der Waals surface area contributed by atoms with E-state index in [9.17, 15) is 4.79 Å². The molecule has 1 saturated heterocycles. The summed E-state index contributed by atoms with van der Waals surface area (Å²) in [5.74, 6) is 0.336. The van der Waals surface area contributed by atoms with Crippen molar-refractivity contribution in [2.24, 2.45) is 5.92 Å². The third-order valence-corrected chi connectivity index (χ3v) is 3.61. The summed E-state index contributed by atoms with van der Waals surface area (Å²) in [6.07, 6.45) is 3.53. The highest BCUT2D eigenvalue weighted by atomic mass is 16.1. The lowest BCUT2D eigenvalue weighted by atomic mass is 9.92. The molecule has 1 fully saturated rings. The van der Waals surface area contributed by atoms with Crippen LogP contribution in [-0.2, 0) is 0 Å². The number of ketones is 1. The van der Waals surface area contributed by atoms with Gasteiger partial charge in [-0.2, -0.15) is 5.10 Å². The zero-order valence-corrected chi connectivity index (χ0v) is 10.7. The van der Waals surface area contributed by atoms with Crippen molar-refractivity contribution in [2.45, 2.75) is 12.8 Å². The highest BCUT2D eigenvalue weighted by molar-refractivity contribution is 5.96. The largest absolute Gasteiger partial charge is 0.317 e. The molecule has 0 saturated carbocycles. The van der Waals surface area contributed by atoms with Gasteiger partial charge in [0.05, 0.1) is 11.9 Å². The number of rotatable bonds is 3. The average Bonchev–Trinajstić information content (AvgIpc) is 2.98. The second kappa shape index (κ2) is 5.36. The van der Waals surface area contributed by atoms with Crippen molar-refractivity contribution >= 4 is 5.78 Å². The zero-order valence-electron chi connectivity index (χ0n) is 10.7. The number of para-hydroxylation sites is 1. The quantitative estimate of drug-likeness (QED) is 0.854. The first-order chi connectivity index (χ1) is 9.36. The van der Waals surface area contributed by atoms with Crippen LogP contribution >= 0.6 is 0 Å². The van der Waals surface area contributed by atoms with E-state index in [1.54, 1.807) is 10.9 Å². The van der Waals surface area contributed by atoms with Crippen LogP contribution in [-0.4, -0.2) is 28.7 Å². The number of carbonyl (C=O) groups is 1. The van der Waals surface area contributed by atoms with Gasteiger partial charge in [-0.3, -0.25) is 4.79 Å². The molecule has 1 aliphatic heterocycles. The zero-order chi connectivity index (χ0) is 13.1. The van der Waals surface area contributed by atoms with Crippen molar-refractivity contribution in [3.63, 3.8) is 0 Å². The summed E-state index contributed by atoms with van der Waals surface area (Å²) in [6, 6.07) is 11.6. The minimum Gasteiger partial charge on any atom is -0.317 e. The molecule has 0 amide bonds. The molecule has 1 aliphatic rings. The molecule has 0 spiro atoms. The number of nitrogens with zero attached hydrogens (tertiary/aromatic N) is 2. The molecule has 0 atom stereocenters. The van der Waals surface area contributed by atoms with E-state index in [-0.39, 0.29) is 11.7 Å². The third-order valence-electron chi connectivity index (χ3n) is 3.61. The summed E-state index contributed by atoms with van der Waals surface area (Å²) < 4.78 is 1.74. The minimum atomic E-state index is 0.125. The first-order valence-electron chi connectivity index (χ1n) is 6.70. The first kappa shape index (κ1) is 12.1. The van der Waals surface area contributed by atoms with Crippen LogP contribution in [0.4, 0.5) is 0 Å². The number of hydrogen-bond donors (Lipinski definition) is 1. The predicted molar refractivity (Wildman–Crippen MR) is 73.5 cm³/mol. The van der Waals surface area contributed by atoms with Crippen LogP contribution in [0.15, 0.2) is 42.6 Å². The fourth-order valence-corrected chi connectivity index (χ4v) is 2.56. The van der Waals surface area contributed by atoms with E-state index >= 15 is 0 Å². The molecule has 4 heteroatoms. The van der Waals surface area contributed by atoms with Crippen molar-refractivity contribution in [1.29, 1.82) is 0 Å². The van der Waals surface area contributed by atoms with Crippen LogP contribution in [0.1, 0.15) is 23.3 Å². The van der Waals surface area contributed by atoms with Crippen molar-refractivity contribution in [3.05, 3.63) is 48.3 Å². The van der Waals surface area contributed by atoms with Gasteiger partial charge in [0.2, 0.25) is 0 Å². The van der Waals surface area contributed by atoms with E-state index in [1.165, 1.54) is 0 Å². The van der Waals surface area contributed by atoms with Gasteiger partial charge in [-0.15, -0.1) is 0 Å². The molecule has 3 rings (SSSR count). The van der Waals surface area contributed by atoms with Crippen LogP contribution in [0.3, 0.4) is 0 Å². The van der Waals surface area contributed by atoms with E-state index in [0.717, 1.165) is 31.6 Å². The Balaban J connectivity index is 1.89. The number of piperidine rings is 1. The summed E-state index contributed by atoms with van der Waals surface area (Å²) in [4.78, 5) is 12.6. The Morgan fingerprint density at radius 3 is 2.63 bits per heavy atom. The fraction of sp³-hybridized carbons (Fsp3) is 0.333. The van der Waals surface area contributed by atoms with E-state index < -0.39 is 0 Å². The van der Waals surface area contributed by atoms with Gasteiger partial charge in [-0.05, 0) is 44.1 Å². The number of nitrogens with one attached hydrogen (secondary N) is 1. The third kappa shape index (κ3) is 2.44. The number of carbonyl (C=O) groups excluding carboxylic acids is 1. The lowest BCUT2D eigenvalue weighted by Crippen LogP contribution is -2.32. The van der Waals surface area contributed by atoms with E-state index in [1.807, 2.05) is 36.4 Å². The molecule has 19 heavy (non-hydrogen) atoms. The molecule has 4 nitrogen and oxygen atoms in total. The second-order valence-electron chi connectivity index (χ2n) is 4.85. The molecule has 2 heterocycles. The van der Waals surface area contributed by atoms with Crippen LogP contribution in [0.2, 0.25) is 0 Å². The topological polar surface area (TPSA) is 46.9 Å². The van der Waals surface area contributed by atoms with E-state index in [0.29, 0.717) is 5.69 Å². The molecule has 0 aliphatic carbocycles. The van der Waals surface area contributed by atoms with Crippen LogP contribution in [0.25, 0.3) is 5.69 Å². The fourth-order valence-electron chi connectivity index (χ4n) is 2.56. The molecular weight excluding hydrogens is 238 g/mol. The van der Waals surface area contributed by atoms with Crippen LogP contribution in [0.5, 0.6) is 0 Å². The smallest absolute Gasteiger partial charge is 0.184 e. The monoisotopic (exact) mass is 255 g/mol. The summed E-state index contributed by atoms with van der Waals surface area (Å²) in [7, 11) is 0. The predicted octanol–water partition coefficient (Wildman–Crippen LogP) is 2.05. The maximum atomic E-state index is 12.6. The van der Waals surface area contributed by atoms with Gasteiger partial charge >= 0.3 is 0 Å². The number of benzene rings is 1. The molecule has 0 bridgehead atoms. The Labute approximate surface area is 112 Å². The summed E-state index contributed by atoms with van der Waals surface area (Å²) in [5, 5.41) is 7.57. The van der Waals surface area contributed by atoms with Crippen molar-refractivity contribution in [2.75, 3.05) is 13.1 Å². The summed E-state index contributed by atoms with van der Waals surface area (Å²) in [6.45, 7) is 1.85.